The number of amides is 1. The van der Waals surface area contributed by atoms with Crippen LogP contribution in [0.15, 0.2) is 42.6 Å². The first kappa shape index (κ1) is 22.9. The summed E-state index contributed by atoms with van der Waals surface area (Å²) in [5.41, 5.74) is 1.80. The van der Waals surface area contributed by atoms with Crippen LogP contribution in [0.2, 0.25) is 5.02 Å². The lowest BCUT2D eigenvalue weighted by molar-refractivity contribution is -0.117. The molecule has 176 valence electrons. The molecule has 1 amide bonds. The van der Waals surface area contributed by atoms with Gasteiger partial charge in [-0.15, -0.1) is 0 Å². The van der Waals surface area contributed by atoms with Crippen LogP contribution in [0.1, 0.15) is 6.42 Å². The molecule has 2 unspecified atom stereocenters. The largest absolute Gasteiger partial charge is 0.353 e. The molecular formula is C23H23ClFN7OS. The number of carbonyl (C=O) groups excluding carboxylic acids is 1. The zero-order valence-corrected chi connectivity index (χ0v) is 20.0. The second-order valence-corrected chi connectivity index (χ2v) is 9.48. The molecular weight excluding hydrogens is 477 g/mol. The van der Waals surface area contributed by atoms with Crippen molar-refractivity contribution in [1.29, 1.82) is 0 Å². The van der Waals surface area contributed by atoms with Gasteiger partial charge in [-0.2, -0.15) is 5.10 Å². The lowest BCUT2D eigenvalue weighted by Crippen LogP contribution is -2.47. The molecule has 5 rings (SSSR count). The number of hydrogen-bond acceptors (Lipinski definition) is 7. The summed E-state index contributed by atoms with van der Waals surface area (Å²) in [6.45, 7) is 2.26. The van der Waals surface area contributed by atoms with Crippen LogP contribution in [-0.4, -0.2) is 69.7 Å². The van der Waals surface area contributed by atoms with E-state index in [-0.39, 0.29) is 11.5 Å². The molecule has 0 saturated carbocycles. The average molecular weight is 500 g/mol. The van der Waals surface area contributed by atoms with E-state index in [0.717, 1.165) is 19.5 Å². The highest BCUT2D eigenvalue weighted by molar-refractivity contribution is 7.71. The van der Waals surface area contributed by atoms with Gasteiger partial charge in [0, 0.05) is 53.7 Å². The van der Waals surface area contributed by atoms with Gasteiger partial charge in [0.15, 0.2) is 0 Å². The van der Waals surface area contributed by atoms with Crippen molar-refractivity contribution in [3.63, 3.8) is 0 Å². The third-order valence-electron chi connectivity index (χ3n) is 6.29. The molecule has 2 aliphatic rings. The zero-order chi connectivity index (χ0) is 23.8. The predicted octanol–water partition coefficient (Wildman–Crippen LogP) is 4.06. The second kappa shape index (κ2) is 9.38. The van der Waals surface area contributed by atoms with E-state index in [2.05, 4.69) is 42.7 Å². The van der Waals surface area contributed by atoms with Gasteiger partial charge in [0.2, 0.25) is 5.91 Å². The standard InChI is InChI=1S/C23H23ClFN7OS/c1-31-10-16-8-15(31)11-32(16)12-22(33)28-21-7-14(4-5-26-21)27-20-9-19(29-30-23(20)34)17-6-13(24)2-3-18(17)25/h2-7,9,15-16H,8,10-12H2,1H3,(H,30,34)(H2,26,27,28,29,33). The van der Waals surface area contributed by atoms with Crippen molar-refractivity contribution in [1.82, 2.24) is 25.0 Å². The minimum atomic E-state index is -0.444. The molecule has 0 spiro atoms. The van der Waals surface area contributed by atoms with E-state index in [4.69, 9.17) is 23.8 Å². The first-order chi connectivity index (χ1) is 16.4. The number of nitrogens with one attached hydrogen (secondary N) is 3. The van der Waals surface area contributed by atoms with Crippen molar-refractivity contribution >= 4 is 46.9 Å². The Bertz CT molecular complexity index is 1300. The van der Waals surface area contributed by atoms with E-state index in [1.165, 1.54) is 18.2 Å². The van der Waals surface area contributed by atoms with Gasteiger partial charge in [-0.05, 0) is 43.8 Å². The summed E-state index contributed by atoms with van der Waals surface area (Å²) in [6, 6.07) is 10.4. The van der Waals surface area contributed by atoms with Crippen molar-refractivity contribution < 1.29 is 9.18 Å². The van der Waals surface area contributed by atoms with Crippen LogP contribution < -0.4 is 10.6 Å². The Kier molecular flexibility index (Phi) is 6.30. The van der Waals surface area contributed by atoms with Crippen molar-refractivity contribution in [2.75, 3.05) is 37.3 Å². The Hall–Kier alpha value is -2.92. The fourth-order valence-electron chi connectivity index (χ4n) is 4.57. The first-order valence-corrected chi connectivity index (χ1v) is 11.7. The summed E-state index contributed by atoms with van der Waals surface area (Å²) in [5.74, 6) is -0.110. The number of pyridine rings is 1. The molecule has 1 aromatic carbocycles. The van der Waals surface area contributed by atoms with E-state index in [0.29, 0.717) is 51.2 Å². The number of anilines is 3. The number of halogens is 2. The maximum Gasteiger partial charge on any atom is 0.239 e. The number of fused-ring (bicyclic) bond motifs is 2. The fraction of sp³-hybridized carbons (Fsp3) is 0.304. The highest BCUT2D eigenvalue weighted by Crippen LogP contribution is 2.29. The quantitative estimate of drug-likeness (QED) is 0.441. The molecule has 0 aliphatic carbocycles. The third-order valence-corrected chi connectivity index (χ3v) is 6.84. The molecule has 8 nitrogen and oxygen atoms in total. The van der Waals surface area contributed by atoms with E-state index < -0.39 is 5.82 Å². The maximum atomic E-state index is 14.3. The summed E-state index contributed by atoms with van der Waals surface area (Å²) in [7, 11) is 2.13. The van der Waals surface area contributed by atoms with Gasteiger partial charge in [0.1, 0.15) is 16.3 Å². The molecule has 2 atom stereocenters. The molecule has 4 heterocycles. The summed E-state index contributed by atoms with van der Waals surface area (Å²) in [6.07, 6.45) is 2.71. The summed E-state index contributed by atoms with van der Waals surface area (Å²) in [5, 5.41) is 13.3. The number of nitrogens with zero attached hydrogens (tertiary/aromatic N) is 4. The predicted molar refractivity (Wildman–Crippen MR) is 132 cm³/mol. The minimum Gasteiger partial charge on any atom is -0.353 e. The van der Waals surface area contributed by atoms with E-state index >= 15 is 0 Å². The number of H-pyrrole nitrogens is 1. The van der Waals surface area contributed by atoms with Gasteiger partial charge in [-0.25, -0.2) is 9.37 Å². The molecule has 2 aliphatic heterocycles. The Morgan fingerprint density at radius 3 is 2.88 bits per heavy atom. The zero-order valence-electron chi connectivity index (χ0n) is 18.4. The van der Waals surface area contributed by atoms with Gasteiger partial charge in [-0.1, -0.05) is 23.8 Å². The van der Waals surface area contributed by atoms with Gasteiger partial charge >= 0.3 is 0 Å². The smallest absolute Gasteiger partial charge is 0.239 e. The number of aromatic amines is 1. The van der Waals surface area contributed by atoms with Crippen molar-refractivity contribution in [2.45, 2.75) is 18.5 Å². The summed E-state index contributed by atoms with van der Waals surface area (Å²) >= 11 is 11.4. The highest BCUT2D eigenvalue weighted by atomic mass is 35.5. The topological polar surface area (TPSA) is 89.2 Å². The SMILES string of the molecule is CN1CC2CC1CN2CC(=O)Nc1cc(Nc2cc(-c3cc(Cl)ccc3F)n[nH]c2=S)ccn1. The maximum absolute atomic E-state index is 14.3. The normalized spacial score (nSPS) is 20.0. The molecule has 11 heteroatoms. The molecule has 3 aromatic rings. The van der Waals surface area contributed by atoms with E-state index in [1.807, 2.05) is 0 Å². The molecule has 2 saturated heterocycles. The first-order valence-electron chi connectivity index (χ1n) is 10.9. The number of aromatic nitrogens is 3. The second-order valence-electron chi connectivity index (χ2n) is 8.64. The fourth-order valence-corrected chi connectivity index (χ4v) is 4.90. The molecule has 2 fully saturated rings. The van der Waals surface area contributed by atoms with Crippen molar-refractivity contribution in [3.05, 3.63) is 58.1 Å². The van der Waals surface area contributed by atoms with Crippen LogP contribution in [-0.2, 0) is 4.79 Å². The number of likely N-dealkylation sites (tertiary alicyclic amines) is 2. The number of rotatable bonds is 6. The van der Waals surface area contributed by atoms with Crippen LogP contribution in [0.25, 0.3) is 11.3 Å². The van der Waals surface area contributed by atoms with Crippen molar-refractivity contribution in [2.24, 2.45) is 0 Å². The molecule has 3 N–H and O–H groups in total. The van der Waals surface area contributed by atoms with Gasteiger partial charge in [0.05, 0.1) is 17.9 Å². The van der Waals surface area contributed by atoms with Crippen LogP contribution in [0.4, 0.5) is 21.6 Å². The summed E-state index contributed by atoms with van der Waals surface area (Å²) in [4.78, 5) is 21.4. The molecule has 2 aromatic heterocycles. The Balaban J connectivity index is 1.28. The van der Waals surface area contributed by atoms with E-state index in [9.17, 15) is 9.18 Å². The van der Waals surface area contributed by atoms with Gasteiger partial charge < -0.3 is 15.5 Å². The van der Waals surface area contributed by atoms with Crippen LogP contribution in [0, 0.1) is 10.5 Å². The Labute approximate surface area is 206 Å². The molecule has 0 radical (unpaired) electrons. The molecule has 34 heavy (non-hydrogen) atoms. The van der Waals surface area contributed by atoms with Gasteiger partial charge in [0.25, 0.3) is 0 Å². The number of hydrogen-bond donors (Lipinski definition) is 3. The monoisotopic (exact) mass is 499 g/mol. The Morgan fingerprint density at radius 1 is 1.26 bits per heavy atom. The summed E-state index contributed by atoms with van der Waals surface area (Å²) < 4.78 is 14.6. The lowest BCUT2D eigenvalue weighted by Gasteiger charge is -2.31. The Morgan fingerprint density at radius 2 is 2.12 bits per heavy atom. The molecule has 2 bridgehead atoms. The lowest BCUT2D eigenvalue weighted by atomic mass is 10.1. The average Bonchev–Trinajstić information content (AvgIpc) is 3.36. The number of piperazine rings is 1. The third kappa shape index (κ3) is 4.80. The van der Waals surface area contributed by atoms with Crippen LogP contribution in [0.3, 0.4) is 0 Å². The van der Waals surface area contributed by atoms with Crippen LogP contribution >= 0.6 is 23.8 Å². The number of carbonyl (C=O) groups is 1. The van der Waals surface area contributed by atoms with Crippen LogP contribution in [0.5, 0.6) is 0 Å². The minimum absolute atomic E-state index is 0.0974. The highest BCUT2D eigenvalue weighted by Gasteiger charge is 2.41. The van der Waals surface area contributed by atoms with E-state index in [1.54, 1.807) is 24.4 Å². The number of likely N-dealkylation sites (N-methyl/N-ethyl adjacent to an activating group) is 1. The number of benzene rings is 1. The van der Waals surface area contributed by atoms with Crippen molar-refractivity contribution in [3.8, 4) is 11.3 Å². The van der Waals surface area contributed by atoms with Gasteiger partial charge in [-0.3, -0.25) is 14.8 Å².